The average molecular weight is 344 g/mol. The van der Waals surface area contributed by atoms with Crippen molar-refractivity contribution >= 4 is 16.2 Å². The number of benzene rings is 1. The van der Waals surface area contributed by atoms with Crippen LogP contribution in [0, 0.1) is 5.92 Å². The third kappa shape index (κ3) is 3.47. The maximum absolute atomic E-state index is 12.2. The van der Waals surface area contributed by atoms with Gasteiger partial charge in [-0.2, -0.15) is 0 Å². The quantitative estimate of drug-likeness (QED) is 0.599. The minimum atomic E-state index is -4.46. The molecular weight excluding hydrogens is 319 g/mol. The van der Waals surface area contributed by atoms with Gasteiger partial charge in [0.15, 0.2) is 0 Å². The number of rotatable bonds is 5. The summed E-state index contributed by atoms with van der Waals surface area (Å²) in [6.45, 7) is 8.06. The van der Waals surface area contributed by atoms with Crippen molar-refractivity contribution in [2.75, 3.05) is 0 Å². The Morgan fingerprint density at radius 2 is 1.87 bits per heavy atom. The molecule has 0 fully saturated rings. The van der Waals surface area contributed by atoms with E-state index in [1.54, 1.807) is 0 Å². The summed E-state index contributed by atoms with van der Waals surface area (Å²) in [7, 11) is -4.46. The van der Waals surface area contributed by atoms with Gasteiger partial charge >= 0.3 is 29.6 Å². The van der Waals surface area contributed by atoms with E-state index in [1.807, 2.05) is 44.2 Å². The zero-order valence-corrected chi connectivity index (χ0v) is 17.6. The minimum Gasteiger partial charge on any atom is -0.747 e. The Balaban J connectivity index is 0.00000264. The molecule has 3 unspecified atom stereocenters. The van der Waals surface area contributed by atoms with Crippen molar-refractivity contribution in [3.05, 3.63) is 41.0 Å². The molecule has 0 spiro atoms. The van der Waals surface area contributed by atoms with Crippen LogP contribution in [0.4, 0.5) is 0 Å². The average Bonchev–Trinajstić information content (AvgIpc) is 2.50. The van der Waals surface area contributed by atoms with E-state index in [4.69, 9.17) is 0 Å². The monoisotopic (exact) mass is 344 g/mol. The maximum atomic E-state index is 12.2. The summed E-state index contributed by atoms with van der Waals surface area (Å²) in [5.41, 5.74) is 2.76. The van der Waals surface area contributed by atoms with Crippen molar-refractivity contribution in [3.8, 4) is 0 Å². The van der Waals surface area contributed by atoms with E-state index in [0.717, 1.165) is 17.5 Å². The number of allylic oxidation sites excluding steroid dienone is 1. The normalized spacial score (nSPS) is 22.8. The van der Waals surface area contributed by atoms with Gasteiger partial charge in [-0.05, 0) is 41.4 Å². The molecule has 0 aromatic heterocycles. The van der Waals surface area contributed by atoms with Crippen LogP contribution in [-0.2, 0) is 14.9 Å². The summed E-state index contributed by atoms with van der Waals surface area (Å²) < 4.78 is 35.4. The molecule has 5 heteroatoms. The van der Waals surface area contributed by atoms with Gasteiger partial charge in [0.05, 0.1) is 4.75 Å². The first kappa shape index (κ1) is 20.9. The second-order valence-corrected chi connectivity index (χ2v) is 8.01. The third-order valence-corrected chi connectivity index (χ3v) is 6.98. The second kappa shape index (κ2) is 7.83. The van der Waals surface area contributed by atoms with Gasteiger partial charge in [-0.1, -0.05) is 64.5 Å². The first-order valence-corrected chi connectivity index (χ1v) is 9.45. The van der Waals surface area contributed by atoms with Crippen LogP contribution in [0.2, 0.25) is 0 Å². The van der Waals surface area contributed by atoms with Crippen molar-refractivity contribution < 1.29 is 42.5 Å². The molecular formula is C18H25NaO3S. The minimum absolute atomic E-state index is 0. The molecule has 23 heavy (non-hydrogen) atoms. The Morgan fingerprint density at radius 1 is 1.22 bits per heavy atom. The molecule has 3 nitrogen and oxygen atoms in total. The van der Waals surface area contributed by atoms with Crippen LogP contribution in [-0.4, -0.2) is 13.0 Å². The molecule has 122 valence electrons. The van der Waals surface area contributed by atoms with E-state index in [0.29, 0.717) is 17.9 Å². The fraction of sp³-hybridized carbons (Fsp3) is 0.556. The fourth-order valence-corrected chi connectivity index (χ4v) is 4.94. The van der Waals surface area contributed by atoms with Gasteiger partial charge < -0.3 is 4.55 Å². The van der Waals surface area contributed by atoms with Crippen LogP contribution < -0.4 is 29.6 Å². The fourth-order valence-electron chi connectivity index (χ4n) is 3.53. The van der Waals surface area contributed by atoms with Crippen molar-refractivity contribution in [1.82, 2.24) is 0 Å². The van der Waals surface area contributed by atoms with Crippen molar-refractivity contribution in [3.63, 3.8) is 0 Å². The van der Waals surface area contributed by atoms with Crippen LogP contribution >= 0.6 is 0 Å². The van der Waals surface area contributed by atoms with Crippen LogP contribution in [0.1, 0.15) is 69.6 Å². The van der Waals surface area contributed by atoms with Gasteiger partial charge in [-0.3, -0.25) is 0 Å². The molecule has 1 aromatic rings. The first-order valence-electron chi connectivity index (χ1n) is 8.04. The Labute approximate surface area is 162 Å². The Kier molecular flexibility index (Phi) is 7.12. The second-order valence-electron chi connectivity index (χ2n) is 6.38. The molecule has 0 saturated carbocycles. The van der Waals surface area contributed by atoms with Crippen molar-refractivity contribution in [2.45, 2.75) is 57.6 Å². The molecule has 0 saturated heterocycles. The third-order valence-electron chi connectivity index (χ3n) is 5.30. The van der Waals surface area contributed by atoms with E-state index in [1.165, 1.54) is 0 Å². The molecule has 1 aliphatic carbocycles. The molecule has 2 rings (SSSR count). The van der Waals surface area contributed by atoms with Gasteiger partial charge in [0.2, 0.25) is 0 Å². The van der Waals surface area contributed by atoms with Gasteiger partial charge in [0.25, 0.3) is 0 Å². The van der Waals surface area contributed by atoms with Crippen LogP contribution in [0.15, 0.2) is 24.3 Å². The first-order chi connectivity index (χ1) is 10.3. The zero-order valence-electron chi connectivity index (χ0n) is 14.8. The Bertz CT molecular complexity index is 682. The van der Waals surface area contributed by atoms with Gasteiger partial charge in [-0.15, -0.1) is 0 Å². The van der Waals surface area contributed by atoms with E-state index < -0.39 is 14.9 Å². The molecule has 3 atom stereocenters. The molecule has 0 amide bonds. The zero-order chi connectivity index (χ0) is 16.5. The smallest absolute Gasteiger partial charge is 0.747 e. The van der Waals surface area contributed by atoms with Gasteiger partial charge in [-0.25, -0.2) is 8.42 Å². The van der Waals surface area contributed by atoms with Crippen molar-refractivity contribution in [2.24, 2.45) is 5.92 Å². The molecule has 0 aliphatic heterocycles. The summed E-state index contributed by atoms with van der Waals surface area (Å²) in [5.74, 6) is 0.118. The molecule has 1 aliphatic rings. The summed E-state index contributed by atoms with van der Waals surface area (Å²) >= 11 is 0. The summed E-state index contributed by atoms with van der Waals surface area (Å²) in [6.07, 6.45) is 5.75. The molecule has 0 radical (unpaired) electrons. The van der Waals surface area contributed by atoms with E-state index in [2.05, 4.69) is 13.8 Å². The summed E-state index contributed by atoms with van der Waals surface area (Å²) in [4.78, 5) is 0. The van der Waals surface area contributed by atoms with Crippen LogP contribution in [0.3, 0.4) is 0 Å². The van der Waals surface area contributed by atoms with E-state index in [9.17, 15) is 13.0 Å². The standard InChI is InChI=1S/C18H26O3S.Na/c1-5-13(3)15-9-7-11-17-16(15)10-8-12-18(17,14(4)6-2)22(19,20)21;/h7-11,13-14H,5-6,12H2,1-4H3,(H,19,20,21);/q;+1/p-1. The number of fused-ring (bicyclic) bond motifs is 1. The predicted octanol–water partition coefficient (Wildman–Crippen LogP) is 1.41. The molecule has 0 heterocycles. The summed E-state index contributed by atoms with van der Waals surface area (Å²) in [6, 6.07) is 5.76. The topological polar surface area (TPSA) is 57.2 Å². The Hall–Kier alpha value is -0.130. The van der Waals surface area contributed by atoms with Gasteiger partial charge in [0, 0.05) is 0 Å². The van der Waals surface area contributed by atoms with E-state index in [-0.39, 0.29) is 41.9 Å². The SMILES string of the molecule is CCC(C)c1cccc2c1C=CCC2(C(C)CC)S(=O)(=O)[O-].[Na+]. The van der Waals surface area contributed by atoms with Crippen LogP contribution in [0.25, 0.3) is 6.08 Å². The Morgan fingerprint density at radius 3 is 2.39 bits per heavy atom. The molecule has 0 N–H and O–H groups in total. The van der Waals surface area contributed by atoms with Gasteiger partial charge in [0.1, 0.15) is 10.1 Å². The maximum Gasteiger partial charge on any atom is 1.00 e. The summed E-state index contributed by atoms with van der Waals surface area (Å²) in [5, 5.41) is 0. The largest absolute Gasteiger partial charge is 1.00 e. The van der Waals surface area contributed by atoms with Crippen molar-refractivity contribution in [1.29, 1.82) is 0 Å². The molecule has 0 bridgehead atoms. The number of hydrogen-bond acceptors (Lipinski definition) is 3. The number of hydrogen-bond donors (Lipinski definition) is 0. The molecule has 1 aromatic carbocycles. The predicted molar refractivity (Wildman–Crippen MR) is 89.6 cm³/mol. The van der Waals surface area contributed by atoms with Crippen LogP contribution in [0.5, 0.6) is 0 Å². The van der Waals surface area contributed by atoms with E-state index >= 15 is 0 Å².